The molecule has 1 N–H and O–H groups in total. The zero-order valence-electron chi connectivity index (χ0n) is 12.7. The van der Waals surface area contributed by atoms with Crippen molar-refractivity contribution in [2.45, 2.75) is 65.0 Å². The number of piperidine rings is 1. The second-order valence-corrected chi connectivity index (χ2v) is 7.49. The Balaban J connectivity index is 0.00000180. The third-order valence-electron chi connectivity index (χ3n) is 4.17. The molecule has 3 nitrogen and oxygen atoms in total. The van der Waals surface area contributed by atoms with E-state index in [-0.39, 0.29) is 17.8 Å². The first-order chi connectivity index (χ1) is 8.33. The molecule has 2 atom stereocenters. The fourth-order valence-electron chi connectivity index (χ4n) is 3.54. The van der Waals surface area contributed by atoms with Crippen LogP contribution in [0.5, 0.6) is 0 Å². The lowest BCUT2D eigenvalue weighted by Crippen LogP contribution is -2.41. The summed E-state index contributed by atoms with van der Waals surface area (Å²) in [5, 5.41) is 3.64. The maximum atomic E-state index is 12.2. The number of carbonyl (C=O) groups excluding carboxylic acids is 1. The van der Waals surface area contributed by atoms with Crippen molar-refractivity contribution < 1.29 is 4.79 Å². The number of fused-ring (bicyclic) bond motifs is 2. The highest BCUT2D eigenvalue weighted by molar-refractivity contribution is 5.85. The first kappa shape index (κ1) is 16.8. The van der Waals surface area contributed by atoms with Crippen molar-refractivity contribution in [3.63, 3.8) is 0 Å². The van der Waals surface area contributed by atoms with Gasteiger partial charge in [-0.25, -0.2) is 0 Å². The average molecular weight is 289 g/mol. The van der Waals surface area contributed by atoms with Crippen molar-refractivity contribution in [2.75, 3.05) is 13.6 Å². The summed E-state index contributed by atoms with van der Waals surface area (Å²) in [4.78, 5) is 14.1. The van der Waals surface area contributed by atoms with Crippen molar-refractivity contribution in [3.8, 4) is 0 Å². The van der Waals surface area contributed by atoms with Crippen molar-refractivity contribution >= 4 is 18.3 Å². The smallest absolute Gasteiger partial charge is 0.222 e. The van der Waals surface area contributed by atoms with E-state index in [9.17, 15) is 4.79 Å². The molecule has 0 aromatic rings. The van der Waals surface area contributed by atoms with E-state index < -0.39 is 0 Å². The number of halogens is 1. The van der Waals surface area contributed by atoms with Gasteiger partial charge in [-0.1, -0.05) is 20.8 Å². The zero-order chi connectivity index (χ0) is 13.3. The summed E-state index contributed by atoms with van der Waals surface area (Å²) in [6.45, 7) is 7.40. The summed E-state index contributed by atoms with van der Waals surface area (Å²) in [6.07, 6.45) is 5.78. The van der Waals surface area contributed by atoms with E-state index in [1.807, 2.05) is 11.9 Å². The van der Waals surface area contributed by atoms with E-state index in [0.29, 0.717) is 23.9 Å². The summed E-state index contributed by atoms with van der Waals surface area (Å²) < 4.78 is 0. The lowest BCUT2D eigenvalue weighted by atomic mass is 9.89. The zero-order valence-corrected chi connectivity index (χ0v) is 13.6. The summed E-state index contributed by atoms with van der Waals surface area (Å²) in [5.74, 6) is 0.940. The van der Waals surface area contributed by atoms with Crippen molar-refractivity contribution in [2.24, 2.45) is 11.3 Å². The molecular formula is C15H29ClN2O. The largest absolute Gasteiger partial charge is 0.345 e. The molecule has 0 spiro atoms. The molecule has 2 heterocycles. The molecule has 2 fully saturated rings. The second kappa shape index (κ2) is 6.45. The maximum Gasteiger partial charge on any atom is 0.222 e. The molecule has 0 aliphatic carbocycles. The SMILES string of the molecule is CN(CC(C)(C)C)C(=O)CC1CC2CCC(C1)N2.Cl. The molecule has 0 radical (unpaired) electrons. The molecule has 1 amide bonds. The molecule has 2 aliphatic rings. The number of nitrogens with one attached hydrogen (secondary N) is 1. The van der Waals surface area contributed by atoms with Gasteiger partial charge in [-0.2, -0.15) is 0 Å². The van der Waals surface area contributed by atoms with Crippen LogP contribution in [-0.4, -0.2) is 36.5 Å². The molecule has 2 aliphatic heterocycles. The fourth-order valence-corrected chi connectivity index (χ4v) is 3.54. The van der Waals surface area contributed by atoms with Gasteiger partial charge in [-0.3, -0.25) is 4.79 Å². The minimum absolute atomic E-state index is 0. The van der Waals surface area contributed by atoms with Crippen LogP contribution in [0.4, 0.5) is 0 Å². The third kappa shape index (κ3) is 4.96. The van der Waals surface area contributed by atoms with Crippen LogP contribution in [0.1, 0.15) is 52.9 Å². The molecule has 0 aromatic carbocycles. The Morgan fingerprint density at radius 3 is 2.21 bits per heavy atom. The monoisotopic (exact) mass is 288 g/mol. The maximum absolute atomic E-state index is 12.2. The molecule has 2 rings (SSSR count). The first-order valence-corrected chi connectivity index (χ1v) is 7.33. The van der Waals surface area contributed by atoms with Gasteiger partial charge in [0.1, 0.15) is 0 Å². The van der Waals surface area contributed by atoms with Crippen LogP contribution >= 0.6 is 12.4 Å². The molecule has 0 saturated carbocycles. The van der Waals surface area contributed by atoms with E-state index in [4.69, 9.17) is 0 Å². The van der Waals surface area contributed by atoms with Gasteiger partial charge in [-0.05, 0) is 37.0 Å². The van der Waals surface area contributed by atoms with Crippen LogP contribution < -0.4 is 5.32 Å². The molecule has 2 bridgehead atoms. The topological polar surface area (TPSA) is 32.3 Å². The van der Waals surface area contributed by atoms with Gasteiger partial charge in [0.15, 0.2) is 0 Å². The molecule has 2 unspecified atom stereocenters. The van der Waals surface area contributed by atoms with Crippen LogP contribution in [0.2, 0.25) is 0 Å². The van der Waals surface area contributed by atoms with Gasteiger partial charge in [0.2, 0.25) is 5.91 Å². The number of hydrogen-bond donors (Lipinski definition) is 1. The molecule has 2 saturated heterocycles. The van der Waals surface area contributed by atoms with E-state index in [2.05, 4.69) is 26.1 Å². The number of hydrogen-bond acceptors (Lipinski definition) is 2. The van der Waals surface area contributed by atoms with Gasteiger partial charge in [0, 0.05) is 32.1 Å². The van der Waals surface area contributed by atoms with E-state index >= 15 is 0 Å². The number of amides is 1. The molecule has 19 heavy (non-hydrogen) atoms. The summed E-state index contributed by atoms with van der Waals surface area (Å²) >= 11 is 0. The first-order valence-electron chi connectivity index (χ1n) is 7.33. The quantitative estimate of drug-likeness (QED) is 0.866. The predicted molar refractivity (Wildman–Crippen MR) is 81.6 cm³/mol. The Hall–Kier alpha value is -0.280. The van der Waals surface area contributed by atoms with Gasteiger partial charge in [-0.15, -0.1) is 12.4 Å². The van der Waals surface area contributed by atoms with Crippen molar-refractivity contribution in [1.82, 2.24) is 10.2 Å². The van der Waals surface area contributed by atoms with Crippen LogP contribution in [0.15, 0.2) is 0 Å². The normalized spacial score (nSPS) is 29.8. The Bertz CT molecular complexity index is 302. The summed E-state index contributed by atoms with van der Waals surface area (Å²) in [6, 6.07) is 1.38. The van der Waals surface area contributed by atoms with Gasteiger partial charge in [0.05, 0.1) is 0 Å². The minimum atomic E-state index is 0. The van der Waals surface area contributed by atoms with Crippen LogP contribution in [0.25, 0.3) is 0 Å². The highest BCUT2D eigenvalue weighted by atomic mass is 35.5. The average Bonchev–Trinajstić information content (AvgIpc) is 2.55. The van der Waals surface area contributed by atoms with Crippen LogP contribution in [0.3, 0.4) is 0 Å². The van der Waals surface area contributed by atoms with Crippen molar-refractivity contribution in [3.05, 3.63) is 0 Å². The third-order valence-corrected chi connectivity index (χ3v) is 4.17. The second-order valence-electron chi connectivity index (χ2n) is 7.49. The number of nitrogens with zero attached hydrogens (tertiary/aromatic N) is 1. The molecule has 0 aromatic heterocycles. The van der Waals surface area contributed by atoms with Gasteiger partial charge >= 0.3 is 0 Å². The Labute approximate surface area is 123 Å². The van der Waals surface area contributed by atoms with Crippen molar-refractivity contribution in [1.29, 1.82) is 0 Å². The number of rotatable bonds is 3. The highest BCUT2D eigenvalue weighted by Crippen LogP contribution is 2.33. The predicted octanol–water partition coefficient (Wildman–Crippen LogP) is 2.83. The van der Waals surface area contributed by atoms with E-state index in [1.165, 1.54) is 25.7 Å². The fraction of sp³-hybridized carbons (Fsp3) is 0.933. The molecule has 4 heteroatoms. The summed E-state index contributed by atoms with van der Waals surface area (Å²) in [5.41, 5.74) is 0.192. The van der Waals surface area contributed by atoms with E-state index in [1.54, 1.807) is 0 Å². The minimum Gasteiger partial charge on any atom is -0.345 e. The lowest BCUT2D eigenvalue weighted by Gasteiger charge is -2.31. The Morgan fingerprint density at radius 1 is 1.21 bits per heavy atom. The highest BCUT2D eigenvalue weighted by Gasteiger charge is 2.34. The van der Waals surface area contributed by atoms with Gasteiger partial charge in [0.25, 0.3) is 0 Å². The lowest BCUT2D eigenvalue weighted by molar-refractivity contribution is -0.132. The van der Waals surface area contributed by atoms with Gasteiger partial charge < -0.3 is 10.2 Å². The summed E-state index contributed by atoms with van der Waals surface area (Å²) in [7, 11) is 1.95. The molecule has 112 valence electrons. The van der Waals surface area contributed by atoms with Crippen LogP contribution in [-0.2, 0) is 4.79 Å². The van der Waals surface area contributed by atoms with Crippen LogP contribution in [0, 0.1) is 11.3 Å². The molecular weight excluding hydrogens is 260 g/mol. The standard InChI is InChI=1S/C15H28N2O.ClH/c1-15(2,3)10-17(4)14(18)9-11-7-12-5-6-13(8-11)16-12;/h11-13,16H,5-10H2,1-4H3;1H. The van der Waals surface area contributed by atoms with E-state index in [0.717, 1.165) is 13.0 Å². The Morgan fingerprint density at radius 2 is 1.74 bits per heavy atom. The number of carbonyl (C=O) groups is 1. The Kier molecular flexibility index (Phi) is 5.69.